The summed E-state index contributed by atoms with van der Waals surface area (Å²) in [5.74, 6) is 0. The molecule has 1 unspecified atom stereocenters. The van der Waals surface area contributed by atoms with Gasteiger partial charge in [-0.25, -0.2) is 4.79 Å². The third-order valence-electron chi connectivity index (χ3n) is 1.59. The first-order valence-corrected chi connectivity index (χ1v) is 2.86. The number of likely N-dealkylation sites (N-methyl/N-ethyl adjacent to an activating group) is 2. The Morgan fingerprint density at radius 3 is 2.44 bits per heavy atom. The molecule has 0 radical (unpaired) electrons. The van der Waals surface area contributed by atoms with E-state index in [0.29, 0.717) is 13.1 Å². The van der Waals surface area contributed by atoms with Gasteiger partial charge in [-0.1, -0.05) is 0 Å². The lowest BCUT2D eigenvalue weighted by molar-refractivity contribution is -0.766. The largest absolute Gasteiger partial charge is 0.624 e. The minimum atomic E-state index is -0.740. The van der Waals surface area contributed by atoms with E-state index in [2.05, 4.69) is 0 Å². The van der Waals surface area contributed by atoms with E-state index in [1.54, 1.807) is 7.05 Å². The van der Waals surface area contributed by atoms with Crippen LogP contribution in [0.2, 0.25) is 0 Å². The minimum absolute atomic E-state index is 0.338. The Hall–Kier alpha value is -0.610. The monoisotopic (exact) mass is 130 g/mol. The molecule has 0 aromatic carbocycles. The van der Waals surface area contributed by atoms with Crippen LogP contribution >= 0.6 is 0 Å². The predicted molar refractivity (Wildman–Crippen MR) is 32.4 cm³/mol. The summed E-state index contributed by atoms with van der Waals surface area (Å²) in [6.07, 6.45) is 0. The third kappa shape index (κ3) is 0.906. The van der Waals surface area contributed by atoms with Gasteiger partial charge in [-0.15, -0.1) is 0 Å². The maximum atomic E-state index is 11.0. The third-order valence-corrected chi connectivity index (χ3v) is 1.59. The molecule has 0 aromatic rings. The van der Waals surface area contributed by atoms with E-state index < -0.39 is 4.65 Å². The first-order chi connectivity index (χ1) is 4.04. The van der Waals surface area contributed by atoms with Crippen molar-refractivity contribution in [3.63, 3.8) is 0 Å². The van der Waals surface area contributed by atoms with E-state index in [-0.39, 0.29) is 6.03 Å². The number of quaternary nitrogens is 1. The summed E-state index contributed by atoms with van der Waals surface area (Å²) >= 11 is 0. The molecule has 1 saturated heterocycles. The molecule has 0 bridgehead atoms. The van der Waals surface area contributed by atoms with Gasteiger partial charge in [-0.3, -0.25) is 9.55 Å². The molecule has 0 aromatic heterocycles. The van der Waals surface area contributed by atoms with Gasteiger partial charge in [0.15, 0.2) is 0 Å². The number of rotatable bonds is 0. The SMILES string of the molecule is CN1CC[N+](C)([O-])C1=O. The van der Waals surface area contributed by atoms with Gasteiger partial charge < -0.3 is 5.21 Å². The van der Waals surface area contributed by atoms with E-state index in [1.807, 2.05) is 0 Å². The molecule has 9 heavy (non-hydrogen) atoms. The molecule has 0 saturated carbocycles. The summed E-state index contributed by atoms with van der Waals surface area (Å²) in [5, 5.41) is 11.0. The standard InChI is InChI=1S/C5H10N2O2/c1-6-3-4-7(2,9)5(6)8/h3-4H2,1-2H3. The van der Waals surface area contributed by atoms with Gasteiger partial charge in [0.2, 0.25) is 0 Å². The molecule has 0 spiro atoms. The fourth-order valence-corrected chi connectivity index (χ4v) is 0.893. The summed E-state index contributed by atoms with van der Waals surface area (Å²) in [5.41, 5.74) is 0. The van der Waals surface area contributed by atoms with Gasteiger partial charge in [0.1, 0.15) is 6.54 Å². The van der Waals surface area contributed by atoms with E-state index in [4.69, 9.17) is 0 Å². The van der Waals surface area contributed by atoms with Crippen LogP contribution in [0.5, 0.6) is 0 Å². The number of carbonyl (C=O) groups is 1. The van der Waals surface area contributed by atoms with Gasteiger partial charge in [0, 0.05) is 7.05 Å². The number of hydrogen-bond acceptors (Lipinski definition) is 2. The van der Waals surface area contributed by atoms with Crippen LogP contribution in [-0.4, -0.2) is 42.8 Å². The summed E-state index contributed by atoms with van der Waals surface area (Å²) in [4.78, 5) is 12.3. The molecule has 1 atom stereocenters. The Balaban J connectivity index is 2.74. The molecule has 1 heterocycles. The van der Waals surface area contributed by atoms with Crippen LogP contribution in [-0.2, 0) is 0 Å². The molecule has 0 N–H and O–H groups in total. The molecule has 4 nitrogen and oxygen atoms in total. The van der Waals surface area contributed by atoms with Crippen LogP contribution in [0.4, 0.5) is 4.79 Å². The number of amides is 2. The maximum absolute atomic E-state index is 11.0. The molecule has 1 rings (SSSR count). The molecule has 2 amide bonds. The van der Waals surface area contributed by atoms with Crippen molar-refractivity contribution in [3.05, 3.63) is 5.21 Å². The highest BCUT2D eigenvalue weighted by Crippen LogP contribution is 2.11. The average Bonchev–Trinajstić information content (AvgIpc) is 1.97. The zero-order chi connectivity index (χ0) is 7.07. The maximum Gasteiger partial charge on any atom is 0.418 e. The van der Waals surface area contributed by atoms with E-state index in [0.717, 1.165) is 0 Å². The van der Waals surface area contributed by atoms with Crippen LogP contribution in [0, 0.1) is 5.21 Å². The van der Waals surface area contributed by atoms with Crippen molar-refractivity contribution >= 4 is 6.03 Å². The Morgan fingerprint density at radius 1 is 1.78 bits per heavy atom. The molecule has 4 heteroatoms. The van der Waals surface area contributed by atoms with Crippen molar-refractivity contribution in [1.82, 2.24) is 4.90 Å². The van der Waals surface area contributed by atoms with Crippen molar-refractivity contribution in [2.45, 2.75) is 0 Å². The van der Waals surface area contributed by atoms with Gasteiger partial charge in [-0.2, -0.15) is 0 Å². The lowest BCUT2D eigenvalue weighted by atomic mass is 10.6. The first kappa shape index (κ1) is 6.51. The van der Waals surface area contributed by atoms with E-state index in [9.17, 15) is 10.0 Å². The second-order valence-electron chi connectivity index (χ2n) is 2.53. The summed E-state index contributed by atoms with van der Waals surface area (Å²) in [6.45, 7) is 0.966. The lowest BCUT2D eigenvalue weighted by Gasteiger charge is -2.28. The van der Waals surface area contributed by atoms with Crippen molar-refractivity contribution in [2.24, 2.45) is 0 Å². The van der Waals surface area contributed by atoms with Gasteiger partial charge in [0.05, 0.1) is 13.6 Å². The normalized spacial score (nSPS) is 35.9. The predicted octanol–water partition coefficient (Wildman–Crippen LogP) is -0.00380. The average molecular weight is 130 g/mol. The van der Waals surface area contributed by atoms with Crippen LogP contribution < -0.4 is 0 Å². The van der Waals surface area contributed by atoms with E-state index >= 15 is 0 Å². The highest BCUT2D eigenvalue weighted by molar-refractivity contribution is 5.68. The van der Waals surface area contributed by atoms with Crippen molar-refractivity contribution in [3.8, 4) is 0 Å². The fourth-order valence-electron chi connectivity index (χ4n) is 0.893. The van der Waals surface area contributed by atoms with Crippen LogP contribution in [0.1, 0.15) is 0 Å². The van der Waals surface area contributed by atoms with E-state index in [1.165, 1.54) is 11.9 Å². The zero-order valence-electron chi connectivity index (χ0n) is 5.63. The van der Waals surface area contributed by atoms with Crippen molar-refractivity contribution < 1.29 is 9.44 Å². The molecular formula is C5H10N2O2. The number of hydroxylamine groups is 3. The van der Waals surface area contributed by atoms with Gasteiger partial charge in [0.25, 0.3) is 0 Å². The zero-order valence-corrected chi connectivity index (χ0v) is 5.63. The highest BCUT2D eigenvalue weighted by Gasteiger charge is 2.33. The summed E-state index contributed by atoms with van der Waals surface area (Å²) in [7, 11) is 3.02. The Bertz CT molecular complexity index is 144. The Kier molecular flexibility index (Phi) is 1.22. The van der Waals surface area contributed by atoms with Gasteiger partial charge in [-0.05, 0) is 0 Å². The van der Waals surface area contributed by atoms with Crippen molar-refractivity contribution in [1.29, 1.82) is 0 Å². The van der Waals surface area contributed by atoms with Crippen LogP contribution in [0.15, 0.2) is 0 Å². The Morgan fingerprint density at radius 2 is 2.33 bits per heavy atom. The Labute approximate surface area is 53.8 Å². The quantitative estimate of drug-likeness (QED) is 0.342. The topological polar surface area (TPSA) is 43.4 Å². The lowest BCUT2D eigenvalue weighted by Crippen LogP contribution is -2.40. The van der Waals surface area contributed by atoms with Crippen molar-refractivity contribution in [2.75, 3.05) is 27.2 Å². The summed E-state index contributed by atoms with van der Waals surface area (Å²) < 4.78 is -0.740. The number of urea groups is 1. The number of carbonyl (C=O) groups excluding carboxylic acids is 1. The second kappa shape index (κ2) is 1.68. The second-order valence-corrected chi connectivity index (χ2v) is 2.53. The van der Waals surface area contributed by atoms with Crippen LogP contribution in [0.3, 0.4) is 0 Å². The molecule has 1 aliphatic rings. The highest BCUT2D eigenvalue weighted by atomic mass is 16.6. The van der Waals surface area contributed by atoms with Crippen LogP contribution in [0.25, 0.3) is 0 Å². The van der Waals surface area contributed by atoms with Gasteiger partial charge >= 0.3 is 6.03 Å². The number of nitrogens with zero attached hydrogens (tertiary/aromatic N) is 2. The minimum Gasteiger partial charge on any atom is -0.624 e. The first-order valence-electron chi connectivity index (χ1n) is 2.86. The smallest absolute Gasteiger partial charge is 0.418 e. The molecular weight excluding hydrogens is 120 g/mol. The number of hydrogen-bond donors (Lipinski definition) is 0. The molecule has 1 aliphatic heterocycles. The molecule has 52 valence electrons. The fraction of sp³-hybridized carbons (Fsp3) is 0.800. The summed E-state index contributed by atoms with van der Waals surface area (Å²) in [6, 6.07) is -0.338. The molecule has 1 fully saturated rings. The molecule has 0 aliphatic carbocycles.